The fourth-order valence-electron chi connectivity index (χ4n) is 4.87. The van der Waals surface area contributed by atoms with Crippen LogP contribution >= 0.6 is 11.6 Å². The number of hydrogen-bond acceptors (Lipinski definition) is 4. The van der Waals surface area contributed by atoms with Gasteiger partial charge < -0.3 is 15.5 Å². The lowest BCUT2D eigenvalue weighted by Crippen LogP contribution is -2.68. The van der Waals surface area contributed by atoms with Crippen LogP contribution in [0.3, 0.4) is 0 Å². The van der Waals surface area contributed by atoms with Crippen molar-refractivity contribution in [1.82, 2.24) is 14.7 Å². The highest BCUT2D eigenvalue weighted by molar-refractivity contribution is 6.31. The first-order valence-electron chi connectivity index (χ1n) is 11.0. The number of piperazine rings is 2. The molecule has 2 aromatic carbocycles. The Labute approximate surface area is 198 Å². The highest BCUT2D eigenvalue weighted by Crippen LogP contribution is 2.26. The van der Waals surface area contributed by atoms with Crippen LogP contribution in [0.4, 0.5) is 4.39 Å². The van der Waals surface area contributed by atoms with Crippen molar-refractivity contribution in [2.75, 3.05) is 33.2 Å². The molecular formula is C25H28ClFN4O2. The zero-order valence-corrected chi connectivity index (χ0v) is 19.6. The molecule has 2 aliphatic rings. The molecule has 2 fully saturated rings. The molecule has 2 amide bonds. The summed E-state index contributed by atoms with van der Waals surface area (Å²) in [6, 6.07) is 9.97. The van der Waals surface area contributed by atoms with Crippen LogP contribution < -0.4 is 5.73 Å². The summed E-state index contributed by atoms with van der Waals surface area (Å²) in [6.45, 7) is 5.60. The van der Waals surface area contributed by atoms with Crippen LogP contribution in [0.1, 0.15) is 27.0 Å². The molecule has 174 valence electrons. The number of halogens is 2. The lowest BCUT2D eigenvalue weighted by atomic mass is 9.99. The Morgan fingerprint density at radius 3 is 2.36 bits per heavy atom. The SMILES string of the molecule is Cc1cc(C=CC(=O)N2C3CN(C)CC2CN(Cc2ccc(F)cc2)C3)c(C(N)=O)cc1Cl. The highest BCUT2D eigenvalue weighted by atomic mass is 35.5. The Kier molecular flexibility index (Phi) is 6.83. The summed E-state index contributed by atoms with van der Waals surface area (Å²) in [5.74, 6) is -0.908. The summed E-state index contributed by atoms with van der Waals surface area (Å²) in [5, 5.41) is 0.460. The minimum atomic E-state index is -0.586. The second kappa shape index (κ2) is 9.63. The molecule has 0 aromatic heterocycles. The van der Waals surface area contributed by atoms with Gasteiger partial charge in [-0.2, -0.15) is 0 Å². The van der Waals surface area contributed by atoms with Crippen molar-refractivity contribution in [3.63, 3.8) is 0 Å². The van der Waals surface area contributed by atoms with E-state index < -0.39 is 5.91 Å². The molecule has 2 aliphatic heterocycles. The number of nitrogens with two attached hydrogens (primary N) is 1. The Balaban J connectivity index is 1.51. The number of nitrogens with zero attached hydrogens (tertiary/aromatic N) is 3. The Morgan fingerprint density at radius 1 is 1.12 bits per heavy atom. The number of amides is 2. The summed E-state index contributed by atoms with van der Waals surface area (Å²) in [5.41, 5.74) is 8.23. The molecule has 0 aliphatic carbocycles. The highest BCUT2D eigenvalue weighted by Gasteiger charge is 2.41. The van der Waals surface area contributed by atoms with E-state index in [1.807, 2.05) is 24.0 Å². The Bertz CT molecular complexity index is 1070. The largest absolute Gasteiger partial charge is 0.366 e. The van der Waals surface area contributed by atoms with Gasteiger partial charge in [0.1, 0.15) is 5.82 Å². The first-order valence-corrected chi connectivity index (χ1v) is 11.3. The molecule has 6 nitrogen and oxygen atoms in total. The van der Waals surface area contributed by atoms with E-state index in [1.54, 1.807) is 18.2 Å². The summed E-state index contributed by atoms with van der Waals surface area (Å²) in [7, 11) is 2.07. The van der Waals surface area contributed by atoms with Crippen molar-refractivity contribution in [3.8, 4) is 0 Å². The summed E-state index contributed by atoms with van der Waals surface area (Å²) in [6.07, 6.45) is 3.17. The maximum Gasteiger partial charge on any atom is 0.249 e. The maximum atomic E-state index is 13.2. The minimum absolute atomic E-state index is 0.0441. The zero-order chi connectivity index (χ0) is 23.7. The van der Waals surface area contributed by atoms with E-state index in [4.69, 9.17) is 17.3 Å². The molecule has 2 N–H and O–H groups in total. The Hall–Kier alpha value is -2.74. The molecule has 8 heteroatoms. The summed E-state index contributed by atoms with van der Waals surface area (Å²) < 4.78 is 13.2. The lowest BCUT2D eigenvalue weighted by molar-refractivity contribution is -0.140. The summed E-state index contributed by atoms with van der Waals surface area (Å²) in [4.78, 5) is 31.6. The third kappa shape index (κ3) is 5.27. The first kappa shape index (κ1) is 23.4. The monoisotopic (exact) mass is 470 g/mol. The first-order chi connectivity index (χ1) is 15.7. The predicted octanol–water partition coefficient (Wildman–Crippen LogP) is 2.93. The van der Waals surface area contributed by atoms with Gasteiger partial charge in [-0.05, 0) is 61.0 Å². The number of benzene rings is 2. The van der Waals surface area contributed by atoms with E-state index in [1.165, 1.54) is 18.2 Å². The van der Waals surface area contributed by atoms with Crippen molar-refractivity contribution >= 4 is 29.5 Å². The van der Waals surface area contributed by atoms with Gasteiger partial charge in [0.15, 0.2) is 0 Å². The van der Waals surface area contributed by atoms with Gasteiger partial charge in [-0.3, -0.25) is 14.5 Å². The molecule has 2 unspecified atom stereocenters. The number of aryl methyl sites for hydroxylation is 1. The van der Waals surface area contributed by atoms with Crippen molar-refractivity contribution in [3.05, 3.63) is 75.6 Å². The molecule has 0 radical (unpaired) electrons. The van der Waals surface area contributed by atoms with E-state index in [0.29, 0.717) is 16.1 Å². The Morgan fingerprint density at radius 2 is 1.76 bits per heavy atom. The fourth-order valence-corrected chi connectivity index (χ4v) is 5.03. The molecule has 0 spiro atoms. The van der Waals surface area contributed by atoms with Crippen molar-refractivity contribution < 1.29 is 14.0 Å². The van der Waals surface area contributed by atoms with Crippen LogP contribution in [0.15, 0.2) is 42.5 Å². The molecule has 2 bridgehead atoms. The molecule has 2 saturated heterocycles. The van der Waals surface area contributed by atoms with E-state index >= 15 is 0 Å². The summed E-state index contributed by atoms with van der Waals surface area (Å²) >= 11 is 6.14. The van der Waals surface area contributed by atoms with Gasteiger partial charge in [-0.15, -0.1) is 0 Å². The van der Waals surface area contributed by atoms with Gasteiger partial charge in [0.25, 0.3) is 0 Å². The molecule has 4 rings (SSSR count). The predicted molar refractivity (Wildman–Crippen MR) is 127 cm³/mol. The fraction of sp³-hybridized carbons (Fsp3) is 0.360. The molecular weight excluding hydrogens is 443 g/mol. The van der Waals surface area contributed by atoms with Gasteiger partial charge in [0, 0.05) is 49.4 Å². The van der Waals surface area contributed by atoms with Gasteiger partial charge >= 0.3 is 0 Å². The lowest BCUT2D eigenvalue weighted by Gasteiger charge is -2.52. The second-order valence-electron chi connectivity index (χ2n) is 8.98. The van der Waals surface area contributed by atoms with Gasteiger partial charge in [-0.25, -0.2) is 4.39 Å². The normalized spacial score (nSPS) is 21.5. The van der Waals surface area contributed by atoms with Crippen LogP contribution in [0.2, 0.25) is 5.02 Å². The van der Waals surface area contributed by atoms with Crippen LogP contribution in [-0.4, -0.2) is 71.8 Å². The van der Waals surface area contributed by atoms with Gasteiger partial charge in [0.2, 0.25) is 11.8 Å². The molecule has 2 aromatic rings. The van der Waals surface area contributed by atoms with Crippen LogP contribution in [0.25, 0.3) is 6.08 Å². The van der Waals surface area contributed by atoms with Crippen LogP contribution in [0, 0.1) is 12.7 Å². The number of carbonyl (C=O) groups excluding carboxylic acids is 2. The third-order valence-corrected chi connectivity index (χ3v) is 6.75. The molecule has 2 atom stereocenters. The number of rotatable bonds is 5. The van der Waals surface area contributed by atoms with Gasteiger partial charge in [-0.1, -0.05) is 23.7 Å². The van der Waals surface area contributed by atoms with E-state index in [0.717, 1.165) is 43.9 Å². The quantitative estimate of drug-likeness (QED) is 0.682. The number of likely N-dealkylation sites (N-methyl/N-ethyl adjacent to an activating group) is 1. The topological polar surface area (TPSA) is 69.9 Å². The van der Waals surface area contributed by atoms with E-state index in [-0.39, 0.29) is 23.8 Å². The average Bonchev–Trinajstić information content (AvgIpc) is 2.74. The van der Waals surface area contributed by atoms with Crippen molar-refractivity contribution in [1.29, 1.82) is 0 Å². The van der Waals surface area contributed by atoms with Gasteiger partial charge in [0.05, 0.1) is 12.1 Å². The standard InChI is InChI=1S/C25H28ClFN4O2/c1-16-9-18(22(25(28)33)10-23(16)26)5-8-24(32)31-20-12-29(2)13-21(31)15-30(14-20)11-17-3-6-19(27)7-4-17/h3-10,20-21H,11-15H2,1-2H3,(H2,28,33). The maximum absolute atomic E-state index is 13.2. The zero-order valence-electron chi connectivity index (χ0n) is 18.8. The number of hydrogen-bond donors (Lipinski definition) is 1. The second-order valence-corrected chi connectivity index (χ2v) is 9.39. The number of fused-ring (bicyclic) bond motifs is 2. The smallest absolute Gasteiger partial charge is 0.249 e. The minimum Gasteiger partial charge on any atom is -0.366 e. The number of primary amides is 1. The van der Waals surface area contributed by atoms with E-state index in [9.17, 15) is 14.0 Å². The van der Waals surface area contributed by atoms with Crippen molar-refractivity contribution in [2.45, 2.75) is 25.6 Å². The molecule has 2 heterocycles. The van der Waals surface area contributed by atoms with Crippen LogP contribution in [-0.2, 0) is 11.3 Å². The average molecular weight is 471 g/mol. The van der Waals surface area contributed by atoms with E-state index in [2.05, 4.69) is 16.8 Å². The number of carbonyl (C=O) groups is 2. The molecule has 0 saturated carbocycles. The van der Waals surface area contributed by atoms with Crippen molar-refractivity contribution in [2.24, 2.45) is 5.73 Å². The van der Waals surface area contributed by atoms with Crippen LogP contribution in [0.5, 0.6) is 0 Å². The molecule has 33 heavy (non-hydrogen) atoms. The third-order valence-electron chi connectivity index (χ3n) is 6.35.